The van der Waals surface area contributed by atoms with E-state index in [9.17, 15) is 0 Å². The van der Waals surface area contributed by atoms with Crippen molar-refractivity contribution in [1.29, 1.82) is 0 Å². The van der Waals surface area contributed by atoms with E-state index in [4.69, 9.17) is 15.9 Å². The molecular formula is C6H16BNO4. The smallest absolute Gasteiger partial charge is 0.139 e. The molecule has 0 bridgehead atoms. The molecule has 0 radical (unpaired) electrons. The molecule has 72 valence electrons. The zero-order valence-corrected chi connectivity index (χ0v) is 7.53. The first kappa shape index (κ1) is 11.9. The summed E-state index contributed by atoms with van der Waals surface area (Å²) in [6.45, 7) is 2.46. The summed E-state index contributed by atoms with van der Waals surface area (Å²) in [5, 5.41) is 8.10. The van der Waals surface area contributed by atoms with Crippen molar-refractivity contribution in [2.24, 2.45) is 5.90 Å². The molecule has 0 fully saturated rings. The van der Waals surface area contributed by atoms with Crippen LogP contribution in [0.1, 0.15) is 13.3 Å². The van der Waals surface area contributed by atoms with Gasteiger partial charge in [-0.15, -0.1) is 0 Å². The third-order valence-corrected chi connectivity index (χ3v) is 1.42. The molecule has 0 aromatic heterocycles. The van der Waals surface area contributed by atoms with Gasteiger partial charge >= 0.3 is 0 Å². The summed E-state index contributed by atoms with van der Waals surface area (Å²) in [4.78, 5) is 8.32. The van der Waals surface area contributed by atoms with E-state index in [1.165, 1.54) is 0 Å². The Morgan fingerprint density at radius 3 is 2.75 bits per heavy atom. The molecule has 0 unspecified atom stereocenters. The highest BCUT2D eigenvalue weighted by molar-refractivity contribution is 6.10. The van der Waals surface area contributed by atoms with Crippen molar-refractivity contribution in [3.8, 4) is 0 Å². The molecular weight excluding hydrogens is 161 g/mol. The normalized spacial score (nSPS) is 15.9. The van der Waals surface area contributed by atoms with Crippen molar-refractivity contribution >= 4 is 7.85 Å². The third kappa shape index (κ3) is 6.57. The van der Waals surface area contributed by atoms with Crippen LogP contribution in [0.25, 0.3) is 0 Å². The first-order chi connectivity index (χ1) is 5.70. The number of nitrogens with two attached hydrogens (primary N) is 1. The molecule has 12 heavy (non-hydrogen) atoms. The second kappa shape index (κ2) is 7.51. The van der Waals surface area contributed by atoms with Crippen LogP contribution in [-0.2, 0) is 14.5 Å². The van der Waals surface area contributed by atoms with Crippen LogP contribution in [0, 0.1) is 0 Å². The van der Waals surface area contributed by atoms with Crippen LogP contribution < -0.4 is 5.90 Å². The van der Waals surface area contributed by atoms with Crippen LogP contribution in [-0.4, -0.2) is 38.4 Å². The summed E-state index contributed by atoms with van der Waals surface area (Å²) in [6.07, 6.45) is 0.606. The van der Waals surface area contributed by atoms with E-state index in [1.54, 1.807) is 0 Å². The van der Waals surface area contributed by atoms with Crippen molar-refractivity contribution in [2.45, 2.75) is 25.5 Å². The summed E-state index contributed by atoms with van der Waals surface area (Å²) in [7, 11) is 1.91. The van der Waals surface area contributed by atoms with Gasteiger partial charge < -0.3 is 9.57 Å². The van der Waals surface area contributed by atoms with Gasteiger partial charge in [0.1, 0.15) is 14.5 Å². The molecule has 0 aliphatic rings. The molecule has 0 aliphatic carbocycles. The average Bonchev–Trinajstić information content (AvgIpc) is 2.01. The monoisotopic (exact) mass is 177 g/mol. The predicted octanol–water partition coefficient (Wildman–Crippen LogP) is -0.879. The first-order valence-corrected chi connectivity index (χ1v) is 3.94. The predicted molar refractivity (Wildman–Crippen MR) is 46.2 cm³/mol. The van der Waals surface area contributed by atoms with Gasteiger partial charge in [0.25, 0.3) is 0 Å². The van der Waals surface area contributed by atoms with Gasteiger partial charge in [-0.05, 0) is 13.3 Å². The van der Waals surface area contributed by atoms with E-state index in [0.29, 0.717) is 6.61 Å². The van der Waals surface area contributed by atoms with Crippen molar-refractivity contribution in [3.05, 3.63) is 0 Å². The van der Waals surface area contributed by atoms with E-state index in [2.05, 4.69) is 9.73 Å². The molecule has 5 nitrogen and oxygen atoms in total. The van der Waals surface area contributed by atoms with E-state index in [-0.39, 0.29) is 18.7 Å². The second-order valence-electron chi connectivity index (χ2n) is 2.71. The Morgan fingerprint density at radius 1 is 1.58 bits per heavy atom. The quantitative estimate of drug-likeness (QED) is 0.300. The van der Waals surface area contributed by atoms with Crippen molar-refractivity contribution in [2.75, 3.05) is 13.2 Å². The van der Waals surface area contributed by atoms with Crippen LogP contribution in [0.5, 0.6) is 0 Å². The van der Waals surface area contributed by atoms with Crippen LogP contribution in [0.15, 0.2) is 0 Å². The molecule has 6 heteroatoms. The molecule has 0 saturated carbocycles. The lowest BCUT2D eigenvalue weighted by Gasteiger charge is -2.17. The van der Waals surface area contributed by atoms with Crippen LogP contribution in [0.2, 0.25) is 0 Å². The number of ether oxygens (including phenoxy) is 1. The van der Waals surface area contributed by atoms with Gasteiger partial charge in [-0.25, -0.2) is 10.8 Å². The summed E-state index contributed by atoms with van der Waals surface area (Å²) < 4.78 is 5.37. The van der Waals surface area contributed by atoms with E-state index >= 15 is 0 Å². The van der Waals surface area contributed by atoms with Crippen LogP contribution in [0.3, 0.4) is 0 Å². The van der Waals surface area contributed by atoms with Crippen molar-refractivity contribution in [3.63, 3.8) is 0 Å². The first-order valence-electron chi connectivity index (χ1n) is 3.94. The van der Waals surface area contributed by atoms with Crippen LogP contribution in [0.4, 0.5) is 0 Å². The molecule has 0 amide bonds. The van der Waals surface area contributed by atoms with Crippen molar-refractivity contribution in [1.82, 2.24) is 0 Å². The van der Waals surface area contributed by atoms with Gasteiger partial charge in [0.2, 0.25) is 0 Å². The Kier molecular flexibility index (Phi) is 7.43. The number of hydrogen-bond donors (Lipinski definition) is 2. The molecule has 0 heterocycles. The van der Waals surface area contributed by atoms with Crippen molar-refractivity contribution < 1.29 is 19.7 Å². The fraction of sp³-hybridized carbons (Fsp3) is 1.00. The topological polar surface area (TPSA) is 73.9 Å². The Morgan fingerprint density at radius 2 is 2.25 bits per heavy atom. The zero-order chi connectivity index (χ0) is 9.40. The van der Waals surface area contributed by atoms with Gasteiger partial charge in [0.15, 0.2) is 0 Å². The average molecular weight is 177 g/mol. The highest BCUT2D eigenvalue weighted by Gasteiger charge is 2.08. The SMILES string of the molecule is B[C@@H](CCON)O[C@@H](C)COO. The van der Waals surface area contributed by atoms with Gasteiger partial charge in [-0.1, -0.05) is 0 Å². The summed E-state index contributed by atoms with van der Waals surface area (Å²) in [5.41, 5.74) is 0. The minimum atomic E-state index is -0.122. The standard InChI is InChI=1S/C6H16BNO4/c1-5(4-11-9)12-6(7)2-3-10-8/h5-6,9H,2-4,7-8H2,1H3/t5-,6+/m0/s1. The lowest BCUT2D eigenvalue weighted by Crippen LogP contribution is -2.25. The molecule has 0 aromatic rings. The van der Waals surface area contributed by atoms with Gasteiger partial charge in [-0.2, -0.15) is 0 Å². The maximum absolute atomic E-state index is 8.10. The molecule has 3 N–H and O–H groups in total. The second-order valence-corrected chi connectivity index (χ2v) is 2.71. The maximum Gasteiger partial charge on any atom is 0.139 e. The zero-order valence-electron chi connectivity index (χ0n) is 7.53. The molecule has 0 saturated heterocycles. The van der Waals surface area contributed by atoms with Crippen LogP contribution >= 0.6 is 0 Å². The fourth-order valence-corrected chi connectivity index (χ4v) is 0.843. The molecule has 0 spiro atoms. The van der Waals surface area contributed by atoms with E-state index in [0.717, 1.165) is 6.42 Å². The minimum absolute atomic E-state index is 0.0544. The van der Waals surface area contributed by atoms with E-state index in [1.807, 2.05) is 14.8 Å². The van der Waals surface area contributed by atoms with Gasteiger partial charge in [0.05, 0.1) is 12.7 Å². The highest BCUT2D eigenvalue weighted by atomic mass is 17.1. The minimum Gasteiger partial charge on any atom is -0.382 e. The lowest BCUT2D eigenvalue weighted by atomic mass is 9.97. The molecule has 0 aromatic carbocycles. The number of rotatable bonds is 7. The van der Waals surface area contributed by atoms with E-state index < -0.39 is 0 Å². The summed E-state index contributed by atoms with van der Waals surface area (Å²) in [6, 6.07) is 0.0544. The van der Waals surface area contributed by atoms with Gasteiger partial charge in [0, 0.05) is 6.00 Å². The highest BCUT2D eigenvalue weighted by Crippen LogP contribution is 1.99. The lowest BCUT2D eigenvalue weighted by molar-refractivity contribution is -0.260. The maximum atomic E-state index is 8.10. The largest absolute Gasteiger partial charge is 0.382 e. The van der Waals surface area contributed by atoms with Gasteiger partial charge in [-0.3, -0.25) is 5.26 Å². The Hall–Kier alpha value is -0.135. The molecule has 0 aliphatic heterocycles. The number of hydrogen-bond acceptors (Lipinski definition) is 5. The molecule has 0 rings (SSSR count). The summed E-state index contributed by atoms with van der Waals surface area (Å²) in [5.74, 6) is 4.85. The fourth-order valence-electron chi connectivity index (χ4n) is 0.843. The summed E-state index contributed by atoms with van der Waals surface area (Å²) >= 11 is 0. The Labute approximate surface area is 73.1 Å². The Bertz CT molecular complexity index is 106. The Balaban J connectivity index is 3.33. The third-order valence-electron chi connectivity index (χ3n) is 1.42. The molecule has 2 atom stereocenters.